The summed E-state index contributed by atoms with van der Waals surface area (Å²) in [4.78, 5) is 13.4. The number of nitriles is 1. The van der Waals surface area contributed by atoms with Crippen LogP contribution in [0.25, 0.3) is 11.0 Å². The normalized spacial score (nSPS) is 11.3. The number of nitrogens with one attached hydrogen (secondary N) is 1. The van der Waals surface area contributed by atoms with Crippen LogP contribution in [0.1, 0.15) is 17.5 Å². The minimum absolute atomic E-state index is 0.00230. The van der Waals surface area contributed by atoms with Crippen molar-refractivity contribution in [3.05, 3.63) is 71.8 Å². The van der Waals surface area contributed by atoms with Gasteiger partial charge in [-0.3, -0.25) is 4.72 Å². The Morgan fingerprint density at radius 3 is 2.23 bits per heavy atom. The molecule has 4 aromatic rings. The SMILES string of the molecule is COc1cc(OC)c(CCCN(C)C)c(N(C)c2nc3ccccc3nc2NS(=O)(=O)c2ccc(C#N)cc2)c1. The fourth-order valence-corrected chi connectivity index (χ4v) is 5.33. The highest BCUT2D eigenvalue weighted by Crippen LogP contribution is 2.40. The van der Waals surface area contributed by atoms with E-state index in [4.69, 9.17) is 19.7 Å². The molecule has 0 saturated heterocycles. The number of fused-ring (bicyclic) bond motifs is 1. The van der Waals surface area contributed by atoms with Crippen LogP contribution in [-0.4, -0.2) is 65.2 Å². The molecule has 0 aliphatic rings. The Kier molecular flexibility index (Phi) is 8.72. The first-order valence-corrected chi connectivity index (χ1v) is 14.1. The number of methoxy groups -OCH3 is 2. The lowest BCUT2D eigenvalue weighted by Crippen LogP contribution is -2.21. The quantitative estimate of drug-likeness (QED) is 0.281. The molecule has 0 fully saturated rings. The summed E-state index contributed by atoms with van der Waals surface area (Å²) >= 11 is 0. The number of sulfonamides is 1. The van der Waals surface area contributed by atoms with E-state index in [1.807, 2.05) is 57.5 Å². The van der Waals surface area contributed by atoms with Gasteiger partial charge in [0.25, 0.3) is 10.0 Å². The van der Waals surface area contributed by atoms with E-state index in [-0.39, 0.29) is 10.7 Å². The van der Waals surface area contributed by atoms with E-state index in [1.54, 1.807) is 25.2 Å². The molecule has 0 aliphatic carbocycles. The van der Waals surface area contributed by atoms with Crippen molar-refractivity contribution >= 4 is 38.4 Å². The van der Waals surface area contributed by atoms with Gasteiger partial charge in [0.1, 0.15) is 11.5 Å². The molecule has 3 aromatic carbocycles. The summed E-state index contributed by atoms with van der Waals surface area (Å²) in [7, 11) is 5.00. The summed E-state index contributed by atoms with van der Waals surface area (Å²) in [5, 5.41) is 9.09. The van der Waals surface area contributed by atoms with Gasteiger partial charge in [-0.05, 0) is 69.9 Å². The highest BCUT2D eigenvalue weighted by atomic mass is 32.2. The average molecular weight is 561 g/mol. The van der Waals surface area contributed by atoms with E-state index in [0.29, 0.717) is 40.3 Å². The Balaban J connectivity index is 1.85. The van der Waals surface area contributed by atoms with Crippen LogP contribution in [0.15, 0.2) is 65.6 Å². The molecule has 0 spiro atoms. The van der Waals surface area contributed by atoms with Crippen molar-refractivity contribution in [3.63, 3.8) is 0 Å². The highest BCUT2D eigenvalue weighted by molar-refractivity contribution is 7.92. The molecule has 0 unspecified atom stereocenters. The van der Waals surface area contributed by atoms with Gasteiger partial charge in [-0.25, -0.2) is 18.4 Å². The van der Waals surface area contributed by atoms with Gasteiger partial charge in [0.2, 0.25) is 0 Å². The van der Waals surface area contributed by atoms with Gasteiger partial charge in [0.05, 0.1) is 47.5 Å². The van der Waals surface area contributed by atoms with Crippen LogP contribution in [-0.2, 0) is 16.4 Å². The summed E-state index contributed by atoms with van der Waals surface area (Å²) < 4.78 is 40.7. The van der Waals surface area contributed by atoms with E-state index in [9.17, 15) is 8.42 Å². The number of hydrogen-bond donors (Lipinski definition) is 1. The fourth-order valence-electron chi connectivity index (χ4n) is 4.33. The molecule has 0 bridgehead atoms. The summed E-state index contributed by atoms with van der Waals surface area (Å²) in [6, 6.07) is 18.6. The number of para-hydroxylation sites is 2. The van der Waals surface area contributed by atoms with E-state index in [2.05, 4.69) is 14.6 Å². The molecule has 0 aliphatic heterocycles. The Morgan fingerprint density at radius 2 is 1.62 bits per heavy atom. The zero-order chi connectivity index (χ0) is 28.9. The van der Waals surface area contributed by atoms with E-state index in [1.165, 1.54) is 24.3 Å². The smallest absolute Gasteiger partial charge is 0.263 e. The number of hydrogen-bond acceptors (Lipinski definition) is 9. The molecule has 1 N–H and O–H groups in total. The van der Waals surface area contributed by atoms with Crippen LogP contribution in [0.2, 0.25) is 0 Å². The van der Waals surface area contributed by atoms with E-state index < -0.39 is 10.0 Å². The molecule has 11 heteroatoms. The lowest BCUT2D eigenvalue weighted by molar-refractivity contribution is 0.383. The van der Waals surface area contributed by atoms with Gasteiger partial charge in [0.15, 0.2) is 11.6 Å². The van der Waals surface area contributed by atoms with Gasteiger partial charge in [-0.15, -0.1) is 0 Å². The second-order valence-corrected chi connectivity index (χ2v) is 11.1. The maximum Gasteiger partial charge on any atom is 0.263 e. The van der Waals surface area contributed by atoms with Gasteiger partial charge in [-0.2, -0.15) is 5.26 Å². The minimum Gasteiger partial charge on any atom is -0.497 e. The van der Waals surface area contributed by atoms with E-state index >= 15 is 0 Å². The summed E-state index contributed by atoms with van der Waals surface area (Å²) in [5.74, 6) is 1.61. The Hall–Kier alpha value is -4.40. The van der Waals surface area contributed by atoms with Crippen molar-refractivity contribution in [1.82, 2.24) is 14.9 Å². The molecule has 0 radical (unpaired) electrons. The first-order valence-electron chi connectivity index (χ1n) is 12.6. The molecular formula is C29H32N6O4S. The van der Waals surface area contributed by atoms with Crippen LogP contribution >= 0.6 is 0 Å². The van der Waals surface area contributed by atoms with Crippen molar-refractivity contribution in [1.29, 1.82) is 5.26 Å². The predicted molar refractivity (Wildman–Crippen MR) is 156 cm³/mol. The summed E-state index contributed by atoms with van der Waals surface area (Å²) in [6.07, 6.45) is 1.58. The van der Waals surface area contributed by atoms with Crippen LogP contribution in [0.4, 0.5) is 17.3 Å². The first kappa shape index (κ1) is 28.6. The molecule has 10 nitrogen and oxygen atoms in total. The highest BCUT2D eigenvalue weighted by Gasteiger charge is 2.24. The molecule has 208 valence electrons. The van der Waals surface area contributed by atoms with Gasteiger partial charge >= 0.3 is 0 Å². The van der Waals surface area contributed by atoms with Gasteiger partial charge in [0, 0.05) is 24.7 Å². The second kappa shape index (κ2) is 12.2. The predicted octanol–water partition coefficient (Wildman–Crippen LogP) is 4.58. The Morgan fingerprint density at radius 1 is 0.950 bits per heavy atom. The Bertz CT molecular complexity index is 1650. The molecule has 0 saturated carbocycles. The largest absolute Gasteiger partial charge is 0.497 e. The van der Waals surface area contributed by atoms with E-state index in [0.717, 1.165) is 24.2 Å². The van der Waals surface area contributed by atoms with Crippen LogP contribution in [0, 0.1) is 11.3 Å². The third kappa shape index (κ3) is 6.25. The number of nitrogens with zero attached hydrogens (tertiary/aromatic N) is 5. The molecule has 1 aromatic heterocycles. The number of benzene rings is 3. The van der Waals surface area contributed by atoms with Gasteiger partial charge in [-0.1, -0.05) is 12.1 Å². The summed E-state index contributed by atoms with van der Waals surface area (Å²) in [5.41, 5.74) is 3.18. The van der Waals surface area contributed by atoms with Crippen molar-refractivity contribution < 1.29 is 17.9 Å². The molecule has 40 heavy (non-hydrogen) atoms. The fraction of sp³-hybridized carbons (Fsp3) is 0.276. The van der Waals surface area contributed by atoms with Crippen LogP contribution in [0.5, 0.6) is 11.5 Å². The second-order valence-electron chi connectivity index (χ2n) is 9.42. The van der Waals surface area contributed by atoms with Crippen LogP contribution < -0.4 is 19.1 Å². The Labute approximate surface area is 234 Å². The number of ether oxygens (including phenoxy) is 2. The van der Waals surface area contributed by atoms with Crippen molar-refractivity contribution in [2.75, 3.05) is 51.5 Å². The topological polar surface area (TPSA) is 121 Å². The summed E-state index contributed by atoms with van der Waals surface area (Å²) in [6.45, 7) is 0.879. The number of rotatable bonds is 11. The minimum atomic E-state index is -4.05. The third-order valence-electron chi connectivity index (χ3n) is 6.40. The molecule has 4 rings (SSSR count). The monoisotopic (exact) mass is 560 g/mol. The van der Waals surface area contributed by atoms with Crippen molar-refractivity contribution in [2.45, 2.75) is 17.7 Å². The number of anilines is 3. The molecule has 0 atom stereocenters. The average Bonchev–Trinajstić information content (AvgIpc) is 2.96. The zero-order valence-electron chi connectivity index (χ0n) is 23.2. The third-order valence-corrected chi connectivity index (χ3v) is 7.76. The van der Waals surface area contributed by atoms with Crippen molar-refractivity contribution in [3.8, 4) is 17.6 Å². The first-order chi connectivity index (χ1) is 19.2. The number of aromatic nitrogens is 2. The van der Waals surface area contributed by atoms with Crippen LogP contribution in [0.3, 0.4) is 0 Å². The lowest BCUT2D eigenvalue weighted by Gasteiger charge is -2.26. The van der Waals surface area contributed by atoms with Gasteiger partial charge < -0.3 is 19.3 Å². The standard InChI is InChI=1S/C29H32N6O4S/c1-34(2)16-8-9-23-26(17-21(38-4)18-27(23)39-5)35(3)29-28(31-24-10-6-7-11-25(24)32-29)33-40(36,37)22-14-12-20(19-30)13-15-22/h6-7,10-15,17-18H,8-9,16H2,1-5H3,(H,31,33). The lowest BCUT2D eigenvalue weighted by atomic mass is 10.0. The maximum atomic E-state index is 13.4. The molecule has 0 amide bonds. The molecular weight excluding hydrogens is 528 g/mol. The maximum absolute atomic E-state index is 13.4. The zero-order valence-corrected chi connectivity index (χ0v) is 24.0. The molecule has 1 heterocycles. The van der Waals surface area contributed by atoms with Crippen molar-refractivity contribution in [2.24, 2.45) is 0 Å².